The summed E-state index contributed by atoms with van der Waals surface area (Å²) >= 11 is 0. The van der Waals surface area contributed by atoms with Crippen LogP contribution in [0.5, 0.6) is 0 Å². The molecule has 0 bridgehead atoms. The Hall–Kier alpha value is -1.36. The van der Waals surface area contributed by atoms with Crippen LogP contribution in [0, 0.1) is 11.8 Å². The summed E-state index contributed by atoms with van der Waals surface area (Å²) in [5, 5.41) is 13.2. The Bertz CT molecular complexity index is 446. The number of carbonyl (C=O) groups is 1. The van der Waals surface area contributed by atoms with Crippen LogP contribution in [0.3, 0.4) is 0 Å². The van der Waals surface area contributed by atoms with E-state index in [9.17, 15) is 4.79 Å². The van der Waals surface area contributed by atoms with E-state index >= 15 is 0 Å². The van der Waals surface area contributed by atoms with Crippen LogP contribution in [0.1, 0.15) is 42.7 Å². The molecule has 1 fully saturated rings. The third kappa shape index (κ3) is 3.15. The fourth-order valence-electron chi connectivity index (χ4n) is 2.82. The molecule has 1 aliphatic rings. The van der Waals surface area contributed by atoms with E-state index < -0.39 is 5.97 Å². The second-order valence-electron chi connectivity index (χ2n) is 5.79. The highest BCUT2D eigenvalue weighted by Crippen LogP contribution is 2.25. The summed E-state index contributed by atoms with van der Waals surface area (Å²) in [6.07, 6.45) is 3.86. The molecular formula is C14H23N3O2. The molecule has 0 unspecified atom stereocenters. The molecule has 5 nitrogen and oxygen atoms in total. The number of hydrogen-bond acceptors (Lipinski definition) is 3. The fraction of sp³-hybridized carbons (Fsp3) is 0.714. The molecule has 1 N–H and O–H groups in total. The van der Waals surface area contributed by atoms with Gasteiger partial charge >= 0.3 is 5.97 Å². The van der Waals surface area contributed by atoms with Gasteiger partial charge < -0.3 is 5.11 Å². The molecule has 0 spiro atoms. The van der Waals surface area contributed by atoms with Gasteiger partial charge in [0.15, 0.2) is 0 Å². The number of rotatable bonds is 4. The molecule has 0 amide bonds. The molecule has 2 heterocycles. The number of nitrogens with zero attached hydrogens (tertiary/aromatic N) is 3. The van der Waals surface area contributed by atoms with Crippen molar-refractivity contribution < 1.29 is 9.90 Å². The summed E-state index contributed by atoms with van der Waals surface area (Å²) in [7, 11) is 1.81. The van der Waals surface area contributed by atoms with Crippen molar-refractivity contribution in [3.63, 3.8) is 0 Å². The lowest BCUT2D eigenvalue weighted by molar-refractivity contribution is 0.0693. The van der Waals surface area contributed by atoms with E-state index in [2.05, 4.69) is 23.8 Å². The fourth-order valence-corrected chi connectivity index (χ4v) is 2.82. The van der Waals surface area contributed by atoms with E-state index in [-0.39, 0.29) is 0 Å². The lowest BCUT2D eigenvalue weighted by Crippen LogP contribution is -2.35. The molecule has 19 heavy (non-hydrogen) atoms. The number of carboxylic acid groups (broad SMARTS) is 1. The van der Waals surface area contributed by atoms with Gasteiger partial charge in [-0.2, -0.15) is 5.10 Å². The van der Waals surface area contributed by atoms with Crippen molar-refractivity contribution in [2.75, 3.05) is 13.1 Å². The average Bonchev–Trinajstić information content (AvgIpc) is 2.72. The van der Waals surface area contributed by atoms with Crippen LogP contribution in [0.4, 0.5) is 0 Å². The van der Waals surface area contributed by atoms with Crippen LogP contribution in [0.2, 0.25) is 0 Å². The number of hydrogen-bond donors (Lipinski definition) is 1. The van der Waals surface area contributed by atoms with Crippen molar-refractivity contribution in [3.8, 4) is 0 Å². The number of carboxylic acids is 1. The second kappa shape index (κ2) is 5.74. The van der Waals surface area contributed by atoms with Crippen molar-refractivity contribution in [2.45, 2.75) is 33.2 Å². The summed E-state index contributed by atoms with van der Waals surface area (Å²) in [6.45, 7) is 7.34. The zero-order valence-corrected chi connectivity index (χ0v) is 12.0. The highest BCUT2D eigenvalue weighted by molar-refractivity contribution is 5.88. The summed E-state index contributed by atoms with van der Waals surface area (Å²) in [6, 6.07) is 0. The topological polar surface area (TPSA) is 58.4 Å². The molecule has 0 aromatic carbocycles. The molecule has 0 atom stereocenters. The minimum absolute atomic E-state index is 0.327. The van der Waals surface area contributed by atoms with Crippen LogP contribution in [0.25, 0.3) is 0 Å². The van der Waals surface area contributed by atoms with Gasteiger partial charge in [0.25, 0.3) is 0 Å². The first-order chi connectivity index (χ1) is 8.99. The van der Waals surface area contributed by atoms with E-state index in [1.165, 1.54) is 19.0 Å². The molecule has 5 heteroatoms. The average molecular weight is 265 g/mol. The van der Waals surface area contributed by atoms with Gasteiger partial charge in [0.2, 0.25) is 0 Å². The zero-order chi connectivity index (χ0) is 14.0. The second-order valence-corrected chi connectivity index (χ2v) is 5.79. The van der Waals surface area contributed by atoms with Gasteiger partial charge in [0, 0.05) is 13.6 Å². The number of aromatic nitrogens is 2. The lowest BCUT2D eigenvalue weighted by Gasteiger charge is -2.33. The molecular weight excluding hydrogens is 242 g/mol. The van der Waals surface area contributed by atoms with Gasteiger partial charge in [0.05, 0.1) is 11.9 Å². The Morgan fingerprint density at radius 3 is 2.63 bits per heavy atom. The summed E-state index contributed by atoms with van der Waals surface area (Å²) in [4.78, 5) is 13.5. The van der Waals surface area contributed by atoms with Gasteiger partial charge in [0.1, 0.15) is 5.56 Å². The molecule has 1 aromatic rings. The van der Waals surface area contributed by atoms with Crippen molar-refractivity contribution in [3.05, 3.63) is 17.5 Å². The Morgan fingerprint density at radius 1 is 1.47 bits per heavy atom. The van der Waals surface area contributed by atoms with Crippen molar-refractivity contribution in [1.29, 1.82) is 0 Å². The molecule has 0 radical (unpaired) electrons. The first-order valence-electron chi connectivity index (χ1n) is 6.95. The molecule has 1 saturated heterocycles. The van der Waals surface area contributed by atoms with E-state index in [4.69, 9.17) is 5.11 Å². The van der Waals surface area contributed by atoms with Crippen LogP contribution in [0.15, 0.2) is 6.20 Å². The van der Waals surface area contributed by atoms with Gasteiger partial charge in [-0.1, -0.05) is 13.8 Å². The van der Waals surface area contributed by atoms with E-state index in [1.807, 2.05) is 7.05 Å². The molecule has 0 saturated carbocycles. The Balaban J connectivity index is 1.99. The number of aromatic carboxylic acids is 1. The summed E-state index contributed by atoms with van der Waals surface area (Å²) in [5.41, 5.74) is 1.13. The normalized spacial score (nSPS) is 18.1. The highest BCUT2D eigenvalue weighted by Gasteiger charge is 2.24. The largest absolute Gasteiger partial charge is 0.478 e. The standard InChI is InChI=1S/C14H23N3O2/c1-10(2)11-4-6-17(7-5-11)9-13-12(14(18)19)8-15-16(13)3/h8,10-11H,4-7,9H2,1-3H3,(H,18,19). The summed E-state index contributed by atoms with van der Waals surface area (Å²) in [5.74, 6) is 0.662. The smallest absolute Gasteiger partial charge is 0.339 e. The summed E-state index contributed by atoms with van der Waals surface area (Å²) < 4.78 is 1.68. The SMILES string of the molecule is CC(C)C1CCN(Cc2c(C(=O)O)cnn2C)CC1. The zero-order valence-electron chi connectivity index (χ0n) is 12.0. The molecule has 0 aliphatic carbocycles. The quantitative estimate of drug-likeness (QED) is 0.904. The number of piperidine rings is 1. The maximum atomic E-state index is 11.1. The van der Waals surface area contributed by atoms with Crippen LogP contribution in [-0.2, 0) is 13.6 Å². The Morgan fingerprint density at radius 2 is 2.11 bits per heavy atom. The van der Waals surface area contributed by atoms with Crippen molar-refractivity contribution in [1.82, 2.24) is 14.7 Å². The number of aryl methyl sites for hydroxylation is 1. The maximum absolute atomic E-state index is 11.1. The van der Waals surface area contributed by atoms with Gasteiger partial charge in [-0.15, -0.1) is 0 Å². The van der Waals surface area contributed by atoms with Crippen molar-refractivity contribution >= 4 is 5.97 Å². The van der Waals surface area contributed by atoms with Gasteiger partial charge in [-0.25, -0.2) is 4.79 Å². The molecule has 1 aromatic heterocycles. The third-order valence-electron chi connectivity index (χ3n) is 4.24. The minimum Gasteiger partial charge on any atom is -0.478 e. The first-order valence-corrected chi connectivity index (χ1v) is 6.95. The first kappa shape index (κ1) is 14.1. The third-order valence-corrected chi connectivity index (χ3v) is 4.24. The molecule has 1 aliphatic heterocycles. The molecule has 2 rings (SSSR count). The predicted molar refractivity (Wildman–Crippen MR) is 73.0 cm³/mol. The van der Waals surface area contributed by atoms with Gasteiger partial charge in [-0.3, -0.25) is 9.58 Å². The van der Waals surface area contributed by atoms with Crippen LogP contribution in [-0.4, -0.2) is 38.8 Å². The van der Waals surface area contributed by atoms with E-state index in [0.717, 1.165) is 30.6 Å². The van der Waals surface area contributed by atoms with E-state index in [0.29, 0.717) is 12.1 Å². The van der Waals surface area contributed by atoms with Gasteiger partial charge in [-0.05, 0) is 37.8 Å². The lowest BCUT2D eigenvalue weighted by atomic mass is 9.87. The minimum atomic E-state index is -0.889. The highest BCUT2D eigenvalue weighted by atomic mass is 16.4. The maximum Gasteiger partial charge on any atom is 0.339 e. The Kier molecular flexibility index (Phi) is 4.24. The molecule has 106 valence electrons. The predicted octanol–water partition coefficient (Wildman–Crippen LogP) is 1.99. The van der Waals surface area contributed by atoms with Crippen LogP contribution >= 0.6 is 0 Å². The Labute approximate surface area is 114 Å². The van der Waals surface area contributed by atoms with E-state index in [1.54, 1.807) is 4.68 Å². The monoisotopic (exact) mass is 265 g/mol. The number of likely N-dealkylation sites (tertiary alicyclic amines) is 1. The van der Waals surface area contributed by atoms with Crippen LogP contribution < -0.4 is 0 Å². The van der Waals surface area contributed by atoms with Crippen molar-refractivity contribution in [2.24, 2.45) is 18.9 Å².